The zero-order valence-corrected chi connectivity index (χ0v) is 17.5. The van der Waals surface area contributed by atoms with Gasteiger partial charge in [0.05, 0.1) is 29.6 Å². The number of nitrogens with zero attached hydrogens (tertiary/aromatic N) is 5. The molecule has 0 aliphatic carbocycles. The van der Waals surface area contributed by atoms with E-state index in [1.807, 2.05) is 24.8 Å². The fourth-order valence-corrected chi connectivity index (χ4v) is 4.15. The number of H-pyrrole nitrogens is 1. The number of carbonyl (C=O) groups excluding carboxylic acids is 1. The highest BCUT2D eigenvalue weighted by molar-refractivity contribution is 7.15. The van der Waals surface area contributed by atoms with Crippen molar-refractivity contribution in [3.63, 3.8) is 0 Å². The van der Waals surface area contributed by atoms with Crippen LogP contribution in [-0.2, 0) is 4.79 Å². The van der Waals surface area contributed by atoms with Gasteiger partial charge < -0.3 is 15.2 Å². The number of aryl methyl sites for hydroxylation is 3. The predicted molar refractivity (Wildman–Crippen MR) is 113 cm³/mol. The first-order valence-corrected chi connectivity index (χ1v) is 10.3. The van der Waals surface area contributed by atoms with Crippen LogP contribution >= 0.6 is 11.3 Å². The van der Waals surface area contributed by atoms with Gasteiger partial charge in [-0.3, -0.25) is 4.79 Å². The van der Waals surface area contributed by atoms with Gasteiger partial charge in [-0.2, -0.15) is 0 Å². The molecule has 29 heavy (non-hydrogen) atoms. The Morgan fingerprint density at radius 2 is 2.17 bits per heavy atom. The maximum Gasteiger partial charge on any atom is 0.246 e. The molecule has 2 N–H and O–H groups in total. The molecule has 0 radical (unpaired) electrons. The van der Waals surface area contributed by atoms with Crippen molar-refractivity contribution in [2.24, 2.45) is 0 Å². The average Bonchev–Trinajstić information content (AvgIpc) is 3.42. The third-order valence-corrected chi connectivity index (χ3v) is 5.95. The van der Waals surface area contributed by atoms with Crippen molar-refractivity contribution in [3.05, 3.63) is 52.4 Å². The summed E-state index contributed by atoms with van der Waals surface area (Å²) in [5.74, 6) is 1.64. The Hall–Kier alpha value is -3.07. The third kappa shape index (κ3) is 4.51. The van der Waals surface area contributed by atoms with Crippen molar-refractivity contribution < 1.29 is 4.79 Å². The molecule has 1 aliphatic rings. The summed E-state index contributed by atoms with van der Waals surface area (Å²) in [6.45, 7) is 7.31. The van der Waals surface area contributed by atoms with Gasteiger partial charge >= 0.3 is 0 Å². The van der Waals surface area contributed by atoms with Crippen LogP contribution < -0.4 is 5.32 Å². The zero-order chi connectivity index (χ0) is 20.4. The summed E-state index contributed by atoms with van der Waals surface area (Å²) >= 11 is 1.61. The molecule has 0 spiro atoms. The van der Waals surface area contributed by atoms with Gasteiger partial charge in [-0.25, -0.2) is 19.9 Å². The number of hydrogen-bond donors (Lipinski definition) is 2. The molecule has 8 nitrogen and oxygen atoms in total. The first-order chi connectivity index (χ1) is 14.0. The average molecular weight is 410 g/mol. The minimum absolute atomic E-state index is 0.0000347. The summed E-state index contributed by atoms with van der Waals surface area (Å²) in [5.41, 5.74) is 2.79. The molecule has 1 fully saturated rings. The molecule has 4 rings (SSSR count). The van der Waals surface area contributed by atoms with Crippen LogP contribution in [0.5, 0.6) is 0 Å². The number of imidazole rings is 1. The van der Waals surface area contributed by atoms with E-state index < -0.39 is 0 Å². The predicted octanol–water partition coefficient (Wildman–Crippen LogP) is 3.35. The number of aromatic nitrogens is 5. The molecule has 1 amide bonds. The van der Waals surface area contributed by atoms with Gasteiger partial charge in [0, 0.05) is 36.0 Å². The number of rotatable bonds is 5. The summed E-state index contributed by atoms with van der Waals surface area (Å²) < 4.78 is 0. The van der Waals surface area contributed by atoms with Gasteiger partial charge in [-0.05, 0) is 33.3 Å². The minimum Gasteiger partial charge on any atom is -0.345 e. The molecule has 150 valence electrons. The number of hydrogen-bond acceptors (Lipinski definition) is 7. The maximum absolute atomic E-state index is 12.5. The van der Waals surface area contributed by atoms with E-state index in [-0.39, 0.29) is 11.8 Å². The first-order valence-electron chi connectivity index (χ1n) is 9.50. The summed E-state index contributed by atoms with van der Waals surface area (Å²) in [4.78, 5) is 36.1. The minimum atomic E-state index is -0.0000347. The Labute approximate surface area is 173 Å². The molecule has 0 saturated carbocycles. The van der Waals surface area contributed by atoms with Crippen LogP contribution in [0.2, 0.25) is 0 Å². The number of amides is 1. The molecule has 3 aromatic heterocycles. The SMILES string of the molecule is Cc1nc(Nc2nc(C)c(C)s2)cc([C@@H]2CCN(C(=O)/C=C/c3cnc[nH]3)C2)n1. The van der Waals surface area contributed by atoms with Crippen LogP contribution in [0.1, 0.15) is 40.1 Å². The van der Waals surface area contributed by atoms with Crippen LogP contribution in [0.15, 0.2) is 24.7 Å². The summed E-state index contributed by atoms with van der Waals surface area (Å²) in [7, 11) is 0. The highest BCUT2D eigenvalue weighted by Gasteiger charge is 2.27. The van der Waals surface area contributed by atoms with Gasteiger partial charge in [-0.1, -0.05) is 0 Å². The van der Waals surface area contributed by atoms with Crippen LogP contribution in [0.3, 0.4) is 0 Å². The molecular weight excluding hydrogens is 386 g/mol. The molecule has 3 aromatic rings. The maximum atomic E-state index is 12.5. The molecular formula is C20H23N7OS. The van der Waals surface area contributed by atoms with Crippen LogP contribution in [0, 0.1) is 20.8 Å². The summed E-state index contributed by atoms with van der Waals surface area (Å²) in [6, 6.07) is 1.97. The van der Waals surface area contributed by atoms with Gasteiger partial charge in [-0.15, -0.1) is 11.3 Å². The lowest BCUT2D eigenvalue weighted by molar-refractivity contribution is -0.124. The molecule has 1 aliphatic heterocycles. The Bertz CT molecular complexity index is 1020. The second-order valence-electron chi connectivity index (χ2n) is 7.12. The quantitative estimate of drug-likeness (QED) is 0.627. The van der Waals surface area contributed by atoms with Gasteiger partial charge in [0.25, 0.3) is 0 Å². The van der Waals surface area contributed by atoms with Gasteiger partial charge in [0.15, 0.2) is 5.13 Å². The van der Waals surface area contributed by atoms with Gasteiger partial charge in [0.1, 0.15) is 11.6 Å². The van der Waals surface area contributed by atoms with Crippen LogP contribution in [0.25, 0.3) is 6.08 Å². The van der Waals surface area contributed by atoms with Crippen molar-refractivity contribution >= 4 is 34.3 Å². The Balaban J connectivity index is 1.44. The van der Waals surface area contributed by atoms with E-state index in [2.05, 4.69) is 37.2 Å². The Morgan fingerprint density at radius 3 is 2.90 bits per heavy atom. The number of anilines is 2. The smallest absolute Gasteiger partial charge is 0.246 e. The van der Waals surface area contributed by atoms with E-state index in [9.17, 15) is 4.79 Å². The van der Waals surface area contributed by atoms with Crippen LogP contribution in [-0.4, -0.2) is 48.8 Å². The van der Waals surface area contributed by atoms with E-state index in [0.717, 1.165) is 34.5 Å². The lowest BCUT2D eigenvalue weighted by Gasteiger charge is -2.15. The van der Waals surface area contributed by atoms with Crippen molar-refractivity contribution in [3.8, 4) is 0 Å². The van der Waals surface area contributed by atoms with Gasteiger partial charge in [0.2, 0.25) is 5.91 Å². The highest BCUT2D eigenvalue weighted by atomic mass is 32.1. The summed E-state index contributed by atoms with van der Waals surface area (Å²) in [5, 5.41) is 4.13. The fraction of sp³-hybridized carbons (Fsp3) is 0.350. The molecule has 0 aromatic carbocycles. The number of likely N-dealkylation sites (tertiary alicyclic amines) is 1. The molecule has 9 heteroatoms. The Morgan fingerprint density at radius 1 is 1.31 bits per heavy atom. The van der Waals surface area contributed by atoms with Crippen molar-refractivity contribution in [1.82, 2.24) is 29.8 Å². The van der Waals surface area contributed by atoms with Crippen molar-refractivity contribution in [1.29, 1.82) is 0 Å². The largest absolute Gasteiger partial charge is 0.345 e. The van der Waals surface area contributed by atoms with E-state index >= 15 is 0 Å². The first kappa shape index (κ1) is 19.3. The normalized spacial score (nSPS) is 16.7. The monoisotopic (exact) mass is 409 g/mol. The standard InChI is InChI=1S/C20H23N7OS/c1-12-13(2)29-20(23-12)26-18-8-17(24-14(3)25-18)15-6-7-27(10-15)19(28)5-4-16-9-21-11-22-16/h4-5,8-9,11,15H,6-7,10H2,1-3H3,(H,21,22)(H,23,24,25,26)/b5-4+/t15-/m1/s1. The van der Waals surface area contributed by atoms with E-state index in [0.29, 0.717) is 18.9 Å². The molecule has 0 unspecified atom stereocenters. The number of nitrogens with one attached hydrogen (secondary N) is 2. The number of thiazole rings is 1. The molecule has 0 bridgehead atoms. The second kappa shape index (κ2) is 8.12. The third-order valence-electron chi connectivity index (χ3n) is 4.96. The fourth-order valence-electron chi connectivity index (χ4n) is 3.33. The zero-order valence-electron chi connectivity index (χ0n) is 16.6. The lowest BCUT2D eigenvalue weighted by atomic mass is 10.0. The molecule has 4 heterocycles. The Kier molecular flexibility index (Phi) is 5.39. The van der Waals surface area contributed by atoms with E-state index in [4.69, 9.17) is 0 Å². The van der Waals surface area contributed by atoms with E-state index in [1.54, 1.807) is 36.0 Å². The summed E-state index contributed by atoms with van der Waals surface area (Å²) in [6.07, 6.45) is 7.49. The number of aromatic amines is 1. The molecule has 1 saturated heterocycles. The van der Waals surface area contributed by atoms with Crippen molar-refractivity contribution in [2.45, 2.75) is 33.1 Å². The lowest BCUT2D eigenvalue weighted by Crippen LogP contribution is -2.26. The number of carbonyl (C=O) groups is 1. The van der Waals surface area contributed by atoms with E-state index in [1.165, 1.54) is 4.88 Å². The second-order valence-corrected chi connectivity index (χ2v) is 8.32. The van der Waals surface area contributed by atoms with Crippen molar-refractivity contribution in [2.75, 3.05) is 18.4 Å². The van der Waals surface area contributed by atoms with Crippen LogP contribution in [0.4, 0.5) is 10.9 Å². The molecule has 1 atom stereocenters. The highest BCUT2D eigenvalue weighted by Crippen LogP contribution is 2.29. The topological polar surface area (TPSA) is 99.7 Å².